The van der Waals surface area contributed by atoms with Crippen LogP contribution in [0.2, 0.25) is 0 Å². The van der Waals surface area contributed by atoms with Crippen molar-refractivity contribution in [3.63, 3.8) is 0 Å². The van der Waals surface area contributed by atoms with Gasteiger partial charge in [-0.1, -0.05) is 24.0 Å². The van der Waals surface area contributed by atoms with Gasteiger partial charge in [0, 0.05) is 32.1 Å². The van der Waals surface area contributed by atoms with E-state index in [1.807, 2.05) is 6.92 Å². The summed E-state index contributed by atoms with van der Waals surface area (Å²) in [6.07, 6.45) is 6.93. The molecule has 1 saturated heterocycles. The van der Waals surface area contributed by atoms with Crippen LogP contribution in [0.15, 0.2) is 12.2 Å². The van der Waals surface area contributed by atoms with Crippen molar-refractivity contribution in [3.05, 3.63) is 12.2 Å². The number of piperazine rings is 1. The molecule has 2 aliphatic carbocycles. The normalized spacial score (nSPS) is 36.6. The van der Waals surface area contributed by atoms with E-state index in [9.17, 15) is 5.11 Å². The van der Waals surface area contributed by atoms with Crippen LogP contribution in [0.5, 0.6) is 0 Å². The molecule has 3 nitrogen and oxygen atoms in total. The van der Waals surface area contributed by atoms with E-state index in [0.717, 1.165) is 39.1 Å². The fourth-order valence-electron chi connectivity index (χ4n) is 3.86. The molecule has 110 valence electrons. The molecule has 1 aliphatic heterocycles. The predicted octanol–water partition coefficient (Wildman–Crippen LogP) is 1.20. The van der Waals surface area contributed by atoms with Crippen molar-refractivity contribution < 1.29 is 5.11 Å². The summed E-state index contributed by atoms with van der Waals surface area (Å²) in [6.45, 7) is 7.11. The lowest BCUT2D eigenvalue weighted by Crippen LogP contribution is -2.44. The highest BCUT2D eigenvalue weighted by Crippen LogP contribution is 2.47. The fraction of sp³-hybridized carbons (Fsp3) is 0.765. The molecule has 0 aromatic carbocycles. The maximum Gasteiger partial charge on any atom is 0.126 e. The van der Waals surface area contributed by atoms with Gasteiger partial charge in [0.15, 0.2) is 0 Å². The van der Waals surface area contributed by atoms with Crippen LogP contribution in [0.1, 0.15) is 19.8 Å². The standard InChI is InChI=1S/C17H26N2O/c1-17(20,16-13-14-4-5-15(16)12-14)6-3-7-19-10-8-18(2)9-11-19/h4-5,14-16,20H,7-13H2,1-2H3/t14-,15-,16+,17-/m1/s1. The third kappa shape index (κ3) is 2.93. The third-order valence-electron chi connectivity index (χ3n) is 5.24. The first-order valence-electron chi connectivity index (χ1n) is 7.86. The minimum atomic E-state index is -0.823. The van der Waals surface area contributed by atoms with E-state index in [1.54, 1.807) is 0 Å². The second kappa shape index (κ2) is 5.52. The molecule has 0 unspecified atom stereocenters. The molecular weight excluding hydrogens is 248 g/mol. The summed E-state index contributed by atoms with van der Waals surface area (Å²) < 4.78 is 0. The molecule has 1 saturated carbocycles. The lowest BCUT2D eigenvalue weighted by atomic mass is 9.80. The first-order valence-corrected chi connectivity index (χ1v) is 7.86. The molecule has 0 aromatic heterocycles. The summed E-state index contributed by atoms with van der Waals surface area (Å²) >= 11 is 0. The highest BCUT2D eigenvalue weighted by atomic mass is 16.3. The van der Waals surface area contributed by atoms with Crippen molar-refractivity contribution in [2.75, 3.05) is 39.8 Å². The molecule has 0 amide bonds. The van der Waals surface area contributed by atoms with Crippen molar-refractivity contribution in [1.29, 1.82) is 0 Å². The predicted molar refractivity (Wildman–Crippen MR) is 81.2 cm³/mol. The Kier molecular flexibility index (Phi) is 3.90. The van der Waals surface area contributed by atoms with Gasteiger partial charge in [0.05, 0.1) is 6.54 Å². The van der Waals surface area contributed by atoms with Gasteiger partial charge in [0.1, 0.15) is 5.60 Å². The second-order valence-corrected chi connectivity index (χ2v) is 6.92. The van der Waals surface area contributed by atoms with Crippen molar-refractivity contribution in [2.45, 2.75) is 25.4 Å². The first kappa shape index (κ1) is 14.1. The number of aliphatic hydroxyl groups is 1. The Morgan fingerprint density at radius 2 is 1.95 bits per heavy atom. The van der Waals surface area contributed by atoms with Crippen molar-refractivity contribution in [2.24, 2.45) is 17.8 Å². The molecule has 0 radical (unpaired) electrons. The number of likely N-dealkylation sites (N-methyl/N-ethyl adjacent to an activating group) is 1. The highest BCUT2D eigenvalue weighted by Gasteiger charge is 2.44. The van der Waals surface area contributed by atoms with E-state index in [1.165, 1.54) is 6.42 Å². The Balaban J connectivity index is 1.54. The van der Waals surface area contributed by atoms with E-state index < -0.39 is 5.60 Å². The Labute approximate surface area is 122 Å². The molecule has 0 spiro atoms. The summed E-state index contributed by atoms with van der Waals surface area (Å²) in [4.78, 5) is 4.73. The molecule has 2 bridgehead atoms. The van der Waals surface area contributed by atoms with Crippen LogP contribution in [-0.4, -0.2) is 60.3 Å². The minimum Gasteiger partial charge on any atom is -0.378 e. The SMILES string of the molecule is CN1CCN(CC#C[C@@](C)(O)[C@H]2C[C@@H]3C=C[C@@H]2C3)CC1. The summed E-state index contributed by atoms with van der Waals surface area (Å²) in [5, 5.41) is 10.7. The maximum absolute atomic E-state index is 10.7. The zero-order chi connectivity index (χ0) is 14.2. The van der Waals surface area contributed by atoms with Gasteiger partial charge in [0.25, 0.3) is 0 Å². The molecule has 1 heterocycles. The van der Waals surface area contributed by atoms with E-state index in [2.05, 4.69) is 40.8 Å². The average molecular weight is 274 g/mol. The number of allylic oxidation sites excluding steroid dienone is 2. The summed E-state index contributed by atoms with van der Waals surface area (Å²) in [5.74, 6) is 7.96. The highest BCUT2D eigenvalue weighted by molar-refractivity contribution is 5.22. The van der Waals surface area contributed by atoms with Gasteiger partial charge in [-0.25, -0.2) is 0 Å². The van der Waals surface area contributed by atoms with E-state index in [-0.39, 0.29) is 0 Å². The van der Waals surface area contributed by atoms with Crippen molar-refractivity contribution in [3.8, 4) is 11.8 Å². The number of nitrogens with zero attached hydrogens (tertiary/aromatic N) is 2. The van der Waals surface area contributed by atoms with E-state index >= 15 is 0 Å². The Hall–Kier alpha value is -0.820. The van der Waals surface area contributed by atoms with Gasteiger partial charge in [-0.05, 0) is 38.6 Å². The van der Waals surface area contributed by atoms with Crippen LogP contribution in [0.4, 0.5) is 0 Å². The first-order chi connectivity index (χ1) is 9.54. The number of hydrogen-bond acceptors (Lipinski definition) is 3. The summed E-state index contributed by atoms with van der Waals surface area (Å²) in [5.41, 5.74) is -0.823. The lowest BCUT2D eigenvalue weighted by molar-refractivity contribution is 0.0430. The van der Waals surface area contributed by atoms with Gasteiger partial charge < -0.3 is 10.0 Å². The number of rotatable bonds is 2. The van der Waals surface area contributed by atoms with Crippen LogP contribution >= 0.6 is 0 Å². The van der Waals surface area contributed by atoms with Crippen LogP contribution in [-0.2, 0) is 0 Å². The molecule has 2 fully saturated rings. The van der Waals surface area contributed by atoms with Gasteiger partial charge in [0.2, 0.25) is 0 Å². The maximum atomic E-state index is 10.7. The zero-order valence-corrected chi connectivity index (χ0v) is 12.7. The molecule has 20 heavy (non-hydrogen) atoms. The van der Waals surface area contributed by atoms with Crippen LogP contribution in [0.25, 0.3) is 0 Å². The van der Waals surface area contributed by atoms with Gasteiger partial charge in [-0.3, -0.25) is 4.90 Å². The molecule has 3 aliphatic rings. The molecular formula is C17H26N2O. The summed E-state index contributed by atoms with van der Waals surface area (Å²) in [6, 6.07) is 0. The van der Waals surface area contributed by atoms with E-state index in [4.69, 9.17) is 0 Å². The quantitative estimate of drug-likeness (QED) is 0.605. The van der Waals surface area contributed by atoms with Gasteiger partial charge >= 0.3 is 0 Å². The largest absolute Gasteiger partial charge is 0.378 e. The lowest BCUT2D eigenvalue weighted by Gasteiger charge is -2.31. The minimum absolute atomic E-state index is 0.331. The molecule has 3 rings (SSSR count). The Morgan fingerprint density at radius 3 is 2.55 bits per heavy atom. The molecule has 4 atom stereocenters. The third-order valence-corrected chi connectivity index (χ3v) is 5.24. The monoisotopic (exact) mass is 274 g/mol. The topological polar surface area (TPSA) is 26.7 Å². The smallest absolute Gasteiger partial charge is 0.126 e. The number of hydrogen-bond donors (Lipinski definition) is 1. The Morgan fingerprint density at radius 1 is 1.20 bits per heavy atom. The molecule has 3 heteroatoms. The number of fused-ring (bicyclic) bond motifs is 2. The van der Waals surface area contributed by atoms with Gasteiger partial charge in [-0.2, -0.15) is 0 Å². The van der Waals surface area contributed by atoms with Crippen molar-refractivity contribution >= 4 is 0 Å². The van der Waals surface area contributed by atoms with Gasteiger partial charge in [-0.15, -0.1) is 0 Å². The molecule has 1 N–H and O–H groups in total. The zero-order valence-electron chi connectivity index (χ0n) is 12.7. The van der Waals surface area contributed by atoms with E-state index in [0.29, 0.717) is 17.8 Å². The van der Waals surface area contributed by atoms with Crippen LogP contribution in [0, 0.1) is 29.6 Å². The molecule has 0 aromatic rings. The average Bonchev–Trinajstić information content (AvgIpc) is 3.04. The van der Waals surface area contributed by atoms with Crippen LogP contribution in [0.3, 0.4) is 0 Å². The summed E-state index contributed by atoms with van der Waals surface area (Å²) in [7, 11) is 2.16. The Bertz CT molecular complexity index is 438. The second-order valence-electron chi connectivity index (χ2n) is 6.92. The van der Waals surface area contributed by atoms with Crippen molar-refractivity contribution in [1.82, 2.24) is 9.80 Å². The van der Waals surface area contributed by atoms with Crippen LogP contribution < -0.4 is 0 Å². The fourth-order valence-corrected chi connectivity index (χ4v) is 3.86.